The maximum atomic E-state index is 4.02. The van der Waals surface area contributed by atoms with Gasteiger partial charge >= 0.3 is 0 Å². The molecule has 0 heteroatoms. The molecule has 0 bridgehead atoms. The molecule has 0 N–H and O–H groups in total. The van der Waals surface area contributed by atoms with Crippen LogP contribution in [-0.4, -0.2) is 0 Å². The van der Waals surface area contributed by atoms with Gasteiger partial charge in [0.15, 0.2) is 0 Å². The first-order valence-corrected chi connectivity index (χ1v) is 5.54. The van der Waals surface area contributed by atoms with Gasteiger partial charge in [0.2, 0.25) is 0 Å². The van der Waals surface area contributed by atoms with Crippen LogP contribution in [0.1, 0.15) is 31.9 Å². The van der Waals surface area contributed by atoms with Crippen molar-refractivity contribution in [1.29, 1.82) is 0 Å². The summed E-state index contributed by atoms with van der Waals surface area (Å²) in [6.07, 6.45) is 5.63. The minimum Gasteiger partial charge on any atom is -0.0991 e. The van der Waals surface area contributed by atoms with Crippen LogP contribution in [0.3, 0.4) is 0 Å². The molecule has 16 heavy (non-hydrogen) atoms. The molecule has 0 aliphatic heterocycles. The Kier molecular flexibility index (Phi) is 3.89. The molecule has 0 saturated carbocycles. The summed E-state index contributed by atoms with van der Waals surface area (Å²) in [7, 11) is 0. The van der Waals surface area contributed by atoms with Gasteiger partial charge in [-0.2, -0.15) is 0 Å². The molecule has 0 saturated heterocycles. The predicted molar refractivity (Wildman–Crippen MR) is 73.5 cm³/mol. The number of hydrogen-bond donors (Lipinski definition) is 0. The van der Waals surface area contributed by atoms with E-state index >= 15 is 0 Å². The molecule has 0 fully saturated rings. The molecule has 0 unspecified atom stereocenters. The van der Waals surface area contributed by atoms with Crippen LogP contribution in [-0.2, 0) is 5.41 Å². The van der Waals surface area contributed by atoms with Crippen molar-refractivity contribution in [2.45, 2.75) is 26.2 Å². The van der Waals surface area contributed by atoms with Gasteiger partial charge in [-0.1, -0.05) is 76.4 Å². The summed E-state index contributed by atoms with van der Waals surface area (Å²) in [5.41, 5.74) is 3.72. The third-order valence-corrected chi connectivity index (χ3v) is 2.56. The standard InChI is InChI=1S/C16H20/c1-6-7-8-13(2)14-9-11-15(12-10-14)16(3,4)5/h6-12H,1-2H2,3-5H3/b8-7-. The Morgan fingerprint density at radius 3 is 2.12 bits per heavy atom. The number of benzene rings is 1. The van der Waals surface area contributed by atoms with Crippen molar-refractivity contribution in [3.63, 3.8) is 0 Å². The summed E-state index contributed by atoms with van der Waals surface area (Å²) < 4.78 is 0. The Bertz CT molecular complexity index is 397. The van der Waals surface area contributed by atoms with Crippen molar-refractivity contribution in [2.24, 2.45) is 0 Å². The molecule has 0 aliphatic carbocycles. The molecule has 0 aromatic heterocycles. The molecule has 0 radical (unpaired) electrons. The summed E-state index contributed by atoms with van der Waals surface area (Å²) in [5, 5.41) is 0. The first kappa shape index (κ1) is 12.5. The maximum absolute atomic E-state index is 4.02. The minimum atomic E-state index is 0.205. The van der Waals surface area contributed by atoms with Gasteiger partial charge in [0, 0.05) is 0 Å². The van der Waals surface area contributed by atoms with E-state index in [9.17, 15) is 0 Å². The minimum absolute atomic E-state index is 0.205. The lowest BCUT2D eigenvalue weighted by molar-refractivity contribution is 0.590. The second-order valence-electron chi connectivity index (χ2n) is 4.95. The van der Waals surface area contributed by atoms with Gasteiger partial charge in [-0.05, 0) is 22.1 Å². The number of hydrogen-bond acceptors (Lipinski definition) is 0. The highest BCUT2D eigenvalue weighted by Crippen LogP contribution is 2.24. The van der Waals surface area contributed by atoms with Gasteiger partial charge in [-0.25, -0.2) is 0 Å². The highest BCUT2D eigenvalue weighted by Gasteiger charge is 2.12. The van der Waals surface area contributed by atoms with E-state index in [-0.39, 0.29) is 5.41 Å². The molecule has 1 rings (SSSR count). The van der Waals surface area contributed by atoms with E-state index in [4.69, 9.17) is 0 Å². The first-order chi connectivity index (χ1) is 7.45. The van der Waals surface area contributed by atoms with Crippen molar-refractivity contribution < 1.29 is 0 Å². The zero-order valence-electron chi connectivity index (χ0n) is 10.5. The lowest BCUT2D eigenvalue weighted by Crippen LogP contribution is -2.10. The van der Waals surface area contributed by atoms with Gasteiger partial charge < -0.3 is 0 Å². The fraction of sp³-hybridized carbons (Fsp3) is 0.250. The molecule has 84 valence electrons. The van der Waals surface area contributed by atoms with Crippen LogP contribution >= 0.6 is 0 Å². The average molecular weight is 212 g/mol. The van der Waals surface area contributed by atoms with E-state index in [1.165, 1.54) is 5.56 Å². The number of rotatable bonds is 3. The lowest BCUT2D eigenvalue weighted by Gasteiger charge is -2.19. The SMILES string of the molecule is C=C/C=C\C(=C)c1ccc(C(C)(C)C)cc1. The van der Waals surface area contributed by atoms with Gasteiger partial charge in [0.1, 0.15) is 0 Å². The molecular weight excluding hydrogens is 192 g/mol. The van der Waals surface area contributed by atoms with E-state index in [0.717, 1.165) is 11.1 Å². The lowest BCUT2D eigenvalue weighted by atomic mass is 9.86. The molecule has 0 amide bonds. The summed E-state index contributed by atoms with van der Waals surface area (Å²) in [6.45, 7) is 14.3. The normalized spacial score (nSPS) is 11.7. The summed E-state index contributed by atoms with van der Waals surface area (Å²) >= 11 is 0. The Labute approximate surface area is 99.0 Å². The van der Waals surface area contributed by atoms with E-state index in [2.05, 4.69) is 58.2 Å². The Hall–Kier alpha value is -1.56. The van der Waals surface area contributed by atoms with Gasteiger partial charge in [0.25, 0.3) is 0 Å². The molecular formula is C16H20. The van der Waals surface area contributed by atoms with Crippen molar-refractivity contribution in [3.05, 3.63) is 66.8 Å². The maximum Gasteiger partial charge on any atom is -0.0132 e. The van der Waals surface area contributed by atoms with Crippen LogP contribution in [0.4, 0.5) is 0 Å². The Morgan fingerprint density at radius 1 is 1.12 bits per heavy atom. The van der Waals surface area contributed by atoms with E-state index < -0.39 is 0 Å². The van der Waals surface area contributed by atoms with Gasteiger partial charge in [-0.3, -0.25) is 0 Å². The molecule has 1 aromatic rings. The predicted octanol–water partition coefficient (Wildman–Crippen LogP) is 4.74. The molecule has 0 spiro atoms. The van der Waals surface area contributed by atoms with Crippen molar-refractivity contribution >= 4 is 5.57 Å². The van der Waals surface area contributed by atoms with Crippen LogP contribution < -0.4 is 0 Å². The third kappa shape index (κ3) is 3.23. The fourth-order valence-electron chi connectivity index (χ4n) is 1.46. The van der Waals surface area contributed by atoms with Gasteiger partial charge in [-0.15, -0.1) is 0 Å². The molecule has 0 aliphatic rings. The second-order valence-corrected chi connectivity index (χ2v) is 4.95. The van der Waals surface area contributed by atoms with Crippen LogP contribution in [0.15, 0.2) is 55.7 Å². The highest BCUT2D eigenvalue weighted by molar-refractivity contribution is 5.72. The summed E-state index contributed by atoms with van der Waals surface area (Å²) in [4.78, 5) is 0. The average Bonchev–Trinajstić information content (AvgIpc) is 2.25. The molecule has 1 aromatic carbocycles. The second kappa shape index (κ2) is 4.98. The smallest absolute Gasteiger partial charge is 0.0132 e. The third-order valence-electron chi connectivity index (χ3n) is 2.56. The topological polar surface area (TPSA) is 0 Å². The molecule has 0 heterocycles. The number of allylic oxidation sites excluding steroid dienone is 4. The highest BCUT2D eigenvalue weighted by atomic mass is 14.2. The van der Waals surface area contributed by atoms with E-state index in [1.54, 1.807) is 6.08 Å². The van der Waals surface area contributed by atoms with Crippen molar-refractivity contribution in [3.8, 4) is 0 Å². The quantitative estimate of drug-likeness (QED) is 0.635. The van der Waals surface area contributed by atoms with Gasteiger partial charge in [0.05, 0.1) is 0 Å². The first-order valence-electron chi connectivity index (χ1n) is 5.54. The zero-order chi connectivity index (χ0) is 12.2. The zero-order valence-corrected chi connectivity index (χ0v) is 10.5. The fourth-order valence-corrected chi connectivity index (χ4v) is 1.46. The van der Waals surface area contributed by atoms with Crippen molar-refractivity contribution in [2.75, 3.05) is 0 Å². The van der Waals surface area contributed by atoms with Crippen molar-refractivity contribution in [1.82, 2.24) is 0 Å². The summed E-state index contributed by atoms with van der Waals surface area (Å²) in [5.74, 6) is 0. The Morgan fingerprint density at radius 2 is 1.69 bits per heavy atom. The van der Waals surface area contributed by atoms with Crippen LogP contribution in [0.25, 0.3) is 5.57 Å². The monoisotopic (exact) mass is 212 g/mol. The van der Waals surface area contributed by atoms with Crippen LogP contribution in [0.2, 0.25) is 0 Å². The van der Waals surface area contributed by atoms with Crippen LogP contribution in [0, 0.1) is 0 Å². The summed E-state index contributed by atoms with van der Waals surface area (Å²) in [6, 6.07) is 8.58. The van der Waals surface area contributed by atoms with Crippen LogP contribution in [0.5, 0.6) is 0 Å². The van der Waals surface area contributed by atoms with E-state index in [1.807, 2.05) is 12.2 Å². The molecule has 0 atom stereocenters. The largest absolute Gasteiger partial charge is 0.0991 e. The Balaban J connectivity index is 2.91. The van der Waals surface area contributed by atoms with E-state index in [0.29, 0.717) is 0 Å². The molecule has 0 nitrogen and oxygen atoms in total.